The topological polar surface area (TPSA) is 82.9 Å². The lowest BCUT2D eigenvalue weighted by Crippen LogP contribution is -2.48. The Kier molecular flexibility index (Phi) is 6.36. The fourth-order valence-corrected chi connectivity index (χ4v) is 4.37. The summed E-state index contributed by atoms with van der Waals surface area (Å²) < 4.78 is 7.57. The standard InChI is InChI=1S/C23H32N6O3/c1-5-9-29-18-15-27(4)25-20(18)22(30)24-21(29)17-14-16(7-8-19(17)32-6-2)23(31)28-12-10-26(3)11-13-28/h7-8,14-15,21H,5-6,9-13H2,1-4H3,(H,24,30). The fraction of sp³-hybridized carbons (Fsp3) is 0.522. The summed E-state index contributed by atoms with van der Waals surface area (Å²) in [5.74, 6) is 0.450. The van der Waals surface area contributed by atoms with Crippen LogP contribution in [-0.4, -0.2) is 77.8 Å². The van der Waals surface area contributed by atoms with Gasteiger partial charge in [0.1, 0.15) is 11.9 Å². The maximum Gasteiger partial charge on any atom is 0.275 e. The van der Waals surface area contributed by atoms with Gasteiger partial charge in [-0.25, -0.2) is 0 Å². The van der Waals surface area contributed by atoms with Crippen LogP contribution in [0.1, 0.15) is 52.8 Å². The van der Waals surface area contributed by atoms with E-state index in [2.05, 4.69) is 34.2 Å². The minimum atomic E-state index is -0.444. The van der Waals surface area contributed by atoms with Crippen molar-refractivity contribution in [3.63, 3.8) is 0 Å². The van der Waals surface area contributed by atoms with E-state index in [0.717, 1.165) is 37.3 Å². The van der Waals surface area contributed by atoms with Crippen LogP contribution in [0.25, 0.3) is 0 Å². The summed E-state index contributed by atoms with van der Waals surface area (Å²) in [7, 11) is 3.88. The number of rotatable bonds is 6. The number of carbonyl (C=O) groups is 2. The number of piperazine rings is 1. The van der Waals surface area contributed by atoms with Gasteiger partial charge < -0.3 is 24.8 Å². The maximum atomic E-state index is 13.2. The molecule has 1 atom stereocenters. The minimum Gasteiger partial charge on any atom is -0.493 e. The second kappa shape index (κ2) is 9.20. The number of hydrogen-bond acceptors (Lipinski definition) is 6. The second-order valence-corrected chi connectivity index (χ2v) is 8.39. The van der Waals surface area contributed by atoms with Gasteiger partial charge in [0.15, 0.2) is 5.69 Å². The van der Waals surface area contributed by atoms with Crippen LogP contribution in [0.5, 0.6) is 5.75 Å². The third-order valence-corrected chi connectivity index (χ3v) is 6.02. The monoisotopic (exact) mass is 440 g/mol. The number of aryl methyl sites for hydroxylation is 1. The summed E-state index contributed by atoms with van der Waals surface area (Å²) in [6.07, 6.45) is 2.32. The molecule has 0 spiro atoms. The summed E-state index contributed by atoms with van der Waals surface area (Å²) in [5, 5.41) is 7.42. The van der Waals surface area contributed by atoms with Gasteiger partial charge in [0.25, 0.3) is 11.8 Å². The van der Waals surface area contributed by atoms with Gasteiger partial charge in [0.05, 0.1) is 12.3 Å². The lowest BCUT2D eigenvalue weighted by Gasteiger charge is -2.38. The molecular weight excluding hydrogens is 408 g/mol. The third-order valence-electron chi connectivity index (χ3n) is 6.02. The highest BCUT2D eigenvalue weighted by atomic mass is 16.5. The largest absolute Gasteiger partial charge is 0.493 e. The zero-order valence-corrected chi connectivity index (χ0v) is 19.3. The first-order valence-electron chi connectivity index (χ1n) is 11.3. The molecule has 1 fully saturated rings. The van der Waals surface area contributed by atoms with Crippen molar-refractivity contribution >= 4 is 17.5 Å². The first kappa shape index (κ1) is 22.1. The molecular formula is C23H32N6O3. The Morgan fingerprint density at radius 1 is 1.19 bits per heavy atom. The molecule has 1 aromatic carbocycles. The molecule has 3 heterocycles. The molecule has 9 heteroatoms. The molecule has 4 rings (SSSR count). The molecule has 1 aromatic heterocycles. The van der Waals surface area contributed by atoms with Gasteiger partial charge in [-0.1, -0.05) is 6.92 Å². The molecule has 0 bridgehead atoms. The van der Waals surface area contributed by atoms with E-state index in [0.29, 0.717) is 36.7 Å². The molecule has 1 N–H and O–H groups in total. The summed E-state index contributed by atoms with van der Waals surface area (Å²) >= 11 is 0. The Labute approximate surface area is 188 Å². The molecule has 2 aliphatic rings. The van der Waals surface area contributed by atoms with Crippen LogP contribution in [0, 0.1) is 0 Å². The Hall–Kier alpha value is -3.07. The number of likely N-dealkylation sites (N-methyl/N-ethyl adjacent to an activating group) is 1. The van der Waals surface area contributed by atoms with Gasteiger partial charge >= 0.3 is 0 Å². The van der Waals surface area contributed by atoms with Crippen LogP contribution in [0.4, 0.5) is 5.69 Å². The molecule has 0 aliphatic carbocycles. The predicted octanol–water partition coefficient (Wildman–Crippen LogP) is 1.87. The van der Waals surface area contributed by atoms with Crippen LogP contribution in [-0.2, 0) is 7.05 Å². The highest BCUT2D eigenvalue weighted by molar-refractivity contribution is 6.00. The molecule has 172 valence electrons. The number of amides is 2. The van der Waals surface area contributed by atoms with Crippen molar-refractivity contribution in [3.05, 3.63) is 41.2 Å². The van der Waals surface area contributed by atoms with E-state index in [4.69, 9.17) is 4.74 Å². The number of hydrogen-bond donors (Lipinski definition) is 1. The van der Waals surface area contributed by atoms with E-state index in [-0.39, 0.29) is 11.8 Å². The number of carbonyl (C=O) groups excluding carboxylic acids is 2. The molecule has 1 saturated heterocycles. The van der Waals surface area contributed by atoms with Crippen LogP contribution in [0.2, 0.25) is 0 Å². The summed E-state index contributed by atoms with van der Waals surface area (Å²) in [6.45, 7) is 8.38. The molecule has 9 nitrogen and oxygen atoms in total. The summed E-state index contributed by atoms with van der Waals surface area (Å²) in [4.78, 5) is 32.3. The predicted molar refractivity (Wildman–Crippen MR) is 122 cm³/mol. The fourth-order valence-electron chi connectivity index (χ4n) is 4.37. The number of benzene rings is 1. The van der Waals surface area contributed by atoms with E-state index in [1.807, 2.05) is 43.3 Å². The van der Waals surface area contributed by atoms with Crippen molar-refractivity contribution in [1.82, 2.24) is 24.9 Å². The smallest absolute Gasteiger partial charge is 0.275 e. The van der Waals surface area contributed by atoms with Crippen LogP contribution < -0.4 is 15.0 Å². The van der Waals surface area contributed by atoms with Crippen LogP contribution in [0.3, 0.4) is 0 Å². The zero-order chi connectivity index (χ0) is 22.8. The molecule has 2 aromatic rings. The summed E-state index contributed by atoms with van der Waals surface area (Å²) in [6, 6.07) is 5.54. The van der Waals surface area contributed by atoms with E-state index in [9.17, 15) is 9.59 Å². The average Bonchev–Trinajstić information content (AvgIpc) is 3.18. The maximum absolute atomic E-state index is 13.2. The quantitative estimate of drug-likeness (QED) is 0.738. The van der Waals surface area contributed by atoms with Crippen LogP contribution in [0.15, 0.2) is 24.4 Å². The minimum absolute atomic E-state index is 0.00800. The number of nitrogens with one attached hydrogen (secondary N) is 1. The number of fused-ring (bicyclic) bond motifs is 1. The van der Waals surface area contributed by atoms with Gasteiger partial charge in [0, 0.05) is 57.1 Å². The van der Waals surface area contributed by atoms with Gasteiger partial charge in [-0.05, 0) is 38.6 Å². The van der Waals surface area contributed by atoms with Gasteiger partial charge in [0.2, 0.25) is 0 Å². The Bertz CT molecular complexity index is 996. The van der Waals surface area contributed by atoms with Crippen molar-refractivity contribution < 1.29 is 14.3 Å². The van der Waals surface area contributed by atoms with Crippen molar-refractivity contribution in [3.8, 4) is 5.75 Å². The van der Waals surface area contributed by atoms with Crippen molar-refractivity contribution in [2.24, 2.45) is 7.05 Å². The SMILES string of the molecule is CCCN1c2cn(C)nc2C(=O)NC1c1cc(C(=O)N2CCN(C)CC2)ccc1OCC. The number of ether oxygens (including phenoxy) is 1. The molecule has 1 unspecified atom stereocenters. The van der Waals surface area contributed by atoms with Crippen LogP contribution >= 0.6 is 0 Å². The van der Waals surface area contributed by atoms with Crippen molar-refractivity contribution in [1.29, 1.82) is 0 Å². The zero-order valence-electron chi connectivity index (χ0n) is 19.3. The Balaban J connectivity index is 1.72. The van der Waals surface area contributed by atoms with Gasteiger partial charge in [-0.2, -0.15) is 5.10 Å². The highest BCUT2D eigenvalue weighted by Gasteiger charge is 2.36. The number of anilines is 1. The van der Waals surface area contributed by atoms with Crippen molar-refractivity contribution in [2.75, 3.05) is 51.3 Å². The van der Waals surface area contributed by atoms with E-state index >= 15 is 0 Å². The van der Waals surface area contributed by atoms with E-state index in [1.54, 1.807) is 4.68 Å². The lowest BCUT2D eigenvalue weighted by atomic mass is 10.0. The second-order valence-electron chi connectivity index (χ2n) is 8.39. The summed E-state index contributed by atoms with van der Waals surface area (Å²) in [5.41, 5.74) is 2.60. The third kappa shape index (κ3) is 4.17. The molecule has 2 aliphatic heterocycles. The highest BCUT2D eigenvalue weighted by Crippen LogP contribution is 2.37. The number of aromatic nitrogens is 2. The van der Waals surface area contributed by atoms with Crippen molar-refractivity contribution in [2.45, 2.75) is 26.4 Å². The van der Waals surface area contributed by atoms with Gasteiger partial charge in [-0.15, -0.1) is 0 Å². The Morgan fingerprint density at radius 2 is 1.94 bits per heavy atom. The molecule has 32 heavy (non-hydrogen) atoms. The molecule has 0 saturated carbocycles. The molecule has 2 amide bonds. The average molecular weight is 441 g/mol. The first-order chi connectivity index (χ1) is 15.4. The normalized spacial score (nSPS) is 19.0. The van der Waals surface area contributed by atoms with E-state index in [1.165, 1.54) is 0 Å². The first-order valence-corrected chi connectivity index (χ1v) is 11.3. The van der Waals surface area contributed by atoms with E-state index < -0.39 is 6.17 Å². The molecule has 0 radical (unpaired) electrons. The van der Waals surface area contributed by atoms with Gasteiger partial charge in [-0.3, -0.25) is 14.3 Å². The number of nitrogens with zero attached hydrogens (tertiary/aromatic N) is 5. The lowest BCUT2D eigenvalue weighted by molar-refractivity contribution is 0.0664. The Morgan fingerprint density at radius 3 is 2.62 bits per heavy atom.